The maximum atomic E-state index is 13.0. The second kappa shape index (κ2) is 11.8. The van der Waals surface area contributed by atoms with E-state index in [-0.39, 0.29) is 18.2 Å². The van der Waals surface area contributed by atoms with Gasteiger partial charge in [0.2, 0.25) is 11.8 Å². The summed E-state index contributed by atoms with van der Waals surface area (Å²) < 4.78 is 0. The van der Waals surface area contributed by atoms with E-state index in [0.717, 1.165) is 33.2 Å². The van der Waals surface area contributed by atoms with Crippen molar-refractivity contribution in [3.8, 4) is 0 Å². The van der Waals surface area contributed by atoms with Gasteiger partial charge in [0, 0.05) is 29.4 Å². The molecule has 1 heterocycles. The van der Waals surface area contributed by atoms with Crippen LogP contribution in [0.3, 0.4) is 0 Å². The van der Waals surface area contributed by atoms with E-state index < -0.39 is 6.04 Å². The number of aryl methyl sites for hydroxylation is 2. The van der Waals surface area contributed by atoms with E-state index in [0.29, 0.717) is 18.0 Å². The van der Waals surface area contributed by atoms with Crippen LogP contribution >= 0.6 is 23.4 Å². The molecule has 0 unspecified atom stereocenters. The Morgan fingerprint density at radius 2 is 1.64 bits per heavy atom. The third-order valence-corrected chi connectivity index (χ3v) is 6.06. The molecule has 0 bridgehead atoms. The molecule has 3 rings (SSSR count). The van der Waals surface area contributed by atoms with E-state index in [1.165, 1.54) is 11.8 Å². The molecule has 1 atom stereocenters. The van der Waals surface area contributed by atoms with Crippen LogP contribution in [0.5, 0.6) is 0 Å². The normalized spacial score (nSPS) is 11.6. The summed E-state index contributed by atoms with van der Waals surface area (Å²) in [7, 11) is 0. The molecule has 33 heavy (non-hydrogen) atoms. The topological polar surface area (TPSA) is 84.0 Å². The number of nitrogens with one attached hydrogen (secondary N) is 2. The lowest BCUT2D eigenvalue weighted by molar-refractivity contribution is -0.129. The number of hydrogen-bond donors (Lipinski definition) is 2. The Morgan fingerprint density at radius 1 is 1.00 bits per heavy atom. The van der Waals surface area contributed by atoms with Crippen LogP contribution in [0.2, 0.25) is 5.02 Å². The van der Waals surface area contributed by atoms with Crippen molar-refractivity contribution >= 4 is 35.2 Å². The molecule has 172 valence electrons. The molecule has 2 amide bonds. The van der Waals surface area contributed by atoms with Gasteiger partial charge in [-0.1, -0.05) is 65.8 Å². The maximum absolute atomic E-state index is 13.0. The zero-order valence-electron chi connectivity index (χ0n) is 18.9. The third kappa shape index (κ3) is 7.04. The number of nitrogens with zero attached hydrogens (tertiary/aromatic N) is 2. The zero-order valence-corrected chi connectivity index (χ0v) is 20.5. The summed E-state index contributed by atoms with van der Waals surface area (Å²) in [4.78, 5) is 34.8. The molecule has 0 spiro atoms. The fraction of sp³-hybridized carbons (Fsp3) is 0.280. The minimum Gasteiger partial charge on any atom is -0.350 e. The molecule has 0 aliphatic rings. The van der Waals surface area contributed by atoms with Gasteiger partial charge in [-0.05, 0) is 55.3 Å². The van der Waals surface area contributed by atoms with E-state index in [1.54, 1.807) is 12.1 Å². The lowest BCUT2D eigenvalue weighted by Crippen LogP contribution is -2.40. The number of benzene rings is 2. The minimum atomic E-state index is -0.789. The number of hydrogen-bond acceptors (Lipinski definition) is 5. The maximum Gasteiger partial charge on any atom is 0.247 e. The van der Waals surface area contributed by atoms with Crippen LogP contribution in [-0.2, 0) is 22.6 Å². The van der Waals surface area contributed by atoms with E-state index in [9.17, 15) is 9.59 Å². The quantitative estimate of drug-likeness (QED) is 0.344. The van der Waals surface area contributed by atoms with Gasteiger partial charge in [0.1, 0.15) is 6.04 Å². The van der Waals surface area contributed by atoms with Crippen LogP contribution in [-0.4, -0.2) is 28.0 Å². The highest BCUT2D eigenvalue weighted by molar-refractivity contribution is 7.98. The summed E-state index contributed by atoms with van der Waals surface area (Å²) in [5.74, 6) is -0.484. The highest BCUT2D eigenvalue weighted by atomic mass is 35.5. The van der Waals surface area contributed by atoms with Crippen LogP contribution in [0, 0.1) is 13.8 Å². The Bertz CT molecular complexity index is 1080. The number of halogens is 1. The Balaban J connectivity index is 1.67. The largest absolute Gasteiger partial charge is 0.350 e. The molecule has 2 N–H and O–H groups in total. The Hall–Kier alpha value is -2.90. The molecule has 3 aromatic rings. The van der Waals surface area contributed by atoms with Crippen molar-refractivity contribution in [2.75, 3.05) is 6.26 Å². The van der Waals surface area contributed by atoms with Crippen LogP contribution in [0.15, 0.2) is 59.8 Å². The monoisotopic (exact) mass is 482 g/mol. The van der Waals surface area contributed by atoms with Crippen LogP contribution < -0.4 is 10.6 Å². The van der Waals surface area contributed by atoms with Crippen molar-refractivity contribution in [1.29, 1.82) is 0 Å². The number of thioether (sulfide) groups is 1. The number of carbonyl (C=O) groups is 2. The van der Waals surface area contributed by atoms with Gasteiger partial charge in [0.25, 0.3) is 0 Å². The van der Waals surface area contributed by atoms with Gasteiger partial charge in [-0.2, -0.15) is 0 Å². The van der Waals surface area contributed by atoms with Gasteiger partial charge in [-0.3, -0.25) is 9.59 Å². The van der Waals surface area contributed by atoms with Crippen molar-refractivity contribution in [1.82, 2.24) is 20.6 Å². The molecule has 1 aromatic heterocycles. The number of carbonyl (C=O) groups excluding carboxylic acids is 2. The Labute approximate surface area is 203 Å². The summed E-state index contributed by atoms with van der Waals surface area (Å²) >= 11 is 7.42. The Kier molecular flexibility index (Phi) is 8.86. The van der Waals surface area contributed by atoms with Crippen LogP contribution in [0.25, 0.3) is 0 Å². The average Bonchev–Trinajstić information content (AvgIpc) is 2.81. The molecular formula is C25H27ClN4O2S. The van der Waals surface area contributed by atoms with Crippen LogP contribution in [0.1, 0.15) is 40.5 Å². The highest BCUT2D eigenvalue weighted by Gasteiger charge is 2.23. The minimum absolute atomic E-state index is 0.210. The number of aromatic nitrogens is 2. The first-order chi connectivity index (χ1) is 15.9. The molecule has 0 saturated heterocycles. The predicted octanol–water partition coefficient (Wildman–Crippen LogP) is 4.58. The molecule has 0 aliphatic carbocycles. The molecule has 0 radical (unpaired) electrons. The standard InChI is InChI=1S/C25H27ClN4O2S/c1-16-21(17(2)29-25(28-16)33-3)13-14-22(31)30-23(19-7-5-4-6-8-19)24(32)27-15-18-9-11-20(26)12-10-18/h4-12,23H,13-15H2,1-3H3,(H,27,32)(H,30,31)/t23-/m1/s1. The van der Waals surface area contributed by atoms with Gasteiger partial charge >= 0.3 is 0 Å². The fourth-order valence-corrected chi connectivity index (χ4v) is 4.06. The van der Waals surface area contributed by atoms with Crippen molar-refractivity contribution < 1.29 is 9.59 Å². The summed E-state index contributed by atoms with van der Waals surface area (Å²) in [6.45, 7) is 4.20. The summed E-state index contributed by atoms with van der Waals surface area (Å²) in [5.41, 5.74) is 4.36. The molecule has 0 aliphatic heterocycles. The molecule has 0 fully saturated rings. The number of amides is 2. The summed E-state index contributed by atoms with van der Waals surface area (Å²) in [6, 6.07) is 15.7. The van der Waals surface area contributed by atoms with Gasteiger partial charge in [0.05, 0.1) is 0 Å². The second-order valence-electron chi connectivity index (χ2n) is 7.62. The lowest BCUT2D eigenvalue weighted by Gasteiger charge is -2.19. The predicted molar refractivity (Wildman–Crippen MR) is 132 cm³/mol. The van der Waals surface area contributed by atoms with E-state index in [2.05, 4.69) is 20.6 Å². The molecule has 2 aromatic carbocycles. The average molecular weight is 483 g/mol. The van der Waals surface area contributed by atoms with Gasteiger partial charge in [0.15, 0.2) is 5.16 Å². The van der Waals surface area contributed by atoms with Crippen molar-refractivity contribution in [3.05, 3.63) is 87.7 Å². The van der Waals surface area contributed by atoms with Gasteiger partial charge in [-0.25, -0.2) is 9.97 Å². The first-order valence-corrected chi connectivity index (χ1v) is 12.2. The first kappa shape index (κ1) is 24.7. The smallest absolute Gasteiger partial charge is 0.247 e. The van der Waals surface area contributed by atoms with E-state index in [1.807, 2.05) is 62.6 Å². The van der Waals surface area contributed by atoms with Gasteiger partial charge < -0.3 is 10.6 Å². The van der Waals surface area contributed by atoms with E-state index >= 15 is 0 Å². The van der Waals surface area contributed by atoms with Gasteiger partial charge in [-0.15, -0.1) is 0 Å². The second-order valence-corrected chi connectivity index (χ2v) is 8.82. The molecular weight excluding hydrogens is 456 g/mol. The van der Waals surface area contributed by atoms with Crippen LogP contribution in [0.4, 0.5) is 0 Å². The van der Waals surface area contributed by atoms with Crippen molar-refractivity contribution in [2.24, 2.45) is 0 Å². The molecule has 8 heteroatoms. The summed E-state index contributed by atoms with van der Waals surface area (Å²) in [6.07, 6.45) is 2.67. The SMILES string of the molecule is CSc1nc(C)c(CCC(=O)N[C@@H](C(=O)NCc2ccc(Cl)cc2)c2ccccc2)c(C)n1. The fourth-order valence-electron chi connectivity index (χ4n) is 3.47. The van der Waals surface area contributed by atoms with Crippen molar-refractivity contribution in [2.45, 2.75) is 44.4 Å². The third-order valence-electron chi connectivity index (χ3n) is 5.27. The zero-order chi connectivity index (χ0) is 23.8. The first-order valence-electron chi connectivity index (χ1n) is 10.6. The summed E-state index contributed by atoms with van der Waals surface area (Å²) in [5, 5.41) is 7.16. The van der Waals surface area contributed by atoms with Crippen molar-refractivity contribution in [3.63, 3.8) is 0 Å². The van der Waals surface area contributed by atoms with E-state index in [4.69, 9.17) is 11.6 Å². The molecule has 6 nitrogen and oxygen atoms in total. The molecule has 0 saturated carbocycles. The highest BCUT2D eigenvalue weighted by Crippen LogP contribution is 2.18. The Morgan fingerprint density at radius 3 is 2.24 bits per heavy atom. The lowest BCUT2D eigenvalue weighted by atomic mass is 10.0. The number of rotatable bonds is 9.